The molecule has 0 bridgehead atoms. The Balaban J connectivity index is 1.80. The van der Waals surface area contributed by atoms with Gasteiger partial charge in [-0.25, -0.2) is 0 Å². The van der Waals surface area contributed by atoms with Crippen LogP contribution in [0.3, 0.4) is 0 Å². The predicted molar refractivity (Wildman–Crippen MR) is 71.8 cm³/mol. The van der Waals surface area contributed by atoms with E-state index in [1.807, 2.05) is 0 Å². The molecular weight excluding hydrogens is 284 g/mol. The molecule has 2 heteroatoms. The van der Waals surface area contributed by atoms with E-state index in [4.69, 9.17) is 11.6 Å². The third-order valence-electron chi connectivity index (χ3n) is 4.27. The SMILES string of the molecule is ClCC1(Cc2ccccc2Br)CC2CC2C1. The molecular formula is C14H16BrCl. The van der Waals surface area contributed by atoms with E-state index in [9.17, 15) is 0 Å². The normalized spacial score (nSPS) is 36.1. The summed E-state index contributed by atoms with van der Waals surface area (Å²) in [6.45, 7) is 0. The molecule has 0 heterocycles. The van der Waals surface area contributed by atoms with Crippen molar-refractivity contribution in [1.82, 2.24) is 0 Å². The molecule has 1 aromatic carbocycles. The standard InChI is InChI=1S/C14H16BrCl/c15-13-4-2-1-3-10(13)6-14(9-16)7-11-5-12(11)8-14/h1-4,11-12H,5-9H2. The minimum absolute atomic E-state index is 0.388. The molecule has 2 saturated carbocycles. The Bertz CT molecular complexity index is 391. The number of benzene rings is 1. The second-order valence-corrected chi connectivity index (χ2v) is 6.69. The summed E-state index contributed by atoms with van der Waals surface area (Å²) in [5.41, 5.74) is 1.81. The maximum Gasteiger partial charge on any atom is 0.0283 e. The summed E-state index contributed by atoms with van der Waals surface area (Å²) in [7, 11) is 0. The van der Waals surface area contributed by atoms with Crippen molar-refractivity contribution >= 4 is 27.5 Å². The molecule has 16 heavy (non-hydrogen) atoms. The molecule has 0 aromatic heterocycles. The topological polar surface area (TPSA) is 0 Å². The highest BCUT2D eigenvalue weighted by molar-refractivity contribution is 9.10. The first-order valence-corrected chi connectivity index (χ1v) is 7.35. The molecule has 2 atom stereocenters. The zero-order valence-electron chi connectivity index (χ0n) is 9.26. The van der Waals surface area contributed by atoms with Gasteiger partial charge in [0.2, 0.25) is 0 Å². The zero-order valence-corrected chi connectivity index (χ0v) is 11.6. The summed E-state index contributed by atoms with van der Waals surface area (Å²) in [6.07, 6.45) is 5.31. The van der Waals surface area contributed by atoms with Gasteiger partial charge in [0, 0.05) is 10.4 Å². The van der Waals surface area contributed by atoms with Crippen molar-refractivity contribution in [2.45, 2.75) is 25.7 Å². The van der Waals surface area contributed by atoms with Crippen LogP contribution in [-0.2, 0) is 6.42 Å². The molecule has 0 saturated heterocycles. The molecule has 0 nitrogen and oxygen atoms in total. The molecule has 2 aliphatic carbocycles. The van der Waals surface area contributed by atoms with Crippen LogP contribution in [0.25, 0.3) is 0 Å². The number of rotatable bonds is 3. The van der Waals surface area contributed by atoms with Crippen molar-refractivity contribution in [2.24, 2.45) is 17.3 Å². The van der Waals surface area contributed by atoms with Crippen LogP contribution in [0.5, 0.6) is 0 Å². The third-order valence-corrected chi connectivity index (χ3v) is 5.61. The maximum atomic E-state index is 6.24. The molecule has 3 rings (SSSR count). The first kappa shape index (κ1) is 11.1. The van der Waals surface area contributed by atoms with Crippen molar-refractivity contribution in [2.75, 3.05) is 5.88 Å². The summed E-state index contributed by atoms with van der Waals surface area (Å²) in [4.78, 5) is 0. The van der Waals surface area contributed by atoms with Gasteiger partial charge in [-0.15, -0.1) is 11.6 Å². The second kappa shape index (κ2) is 4.03. The van der Waals surface area contributed by atoms with Gasteiger partial charge in [-0.05, 0) is 54.6 Å². The summed E-state index contributed by atoms with van der Waals surface area (Å²) >= 11 is 9.88. The van der Waals surface area contributed by atoms with Gasteiger partial charge >= 0.3 is 0 Å². The second-order valence-electron chi connectivity index (χ2n) is 5.57. The van der Waals surface area contributed by atoms with Crippen LogP contribution in [0.4, 0.5) is 0 Å². The van der Waals surface area contributed by atoms with Gasteiger partial charge in [-0.3, -0.25) is 0 Å². The molecule has 0 amide bonds. The van der Waals surface area contributed by atoms with Gasteiger partial charge in [0.05, 0.1) is 0 Å². The van der Waals surface area contributed by atoms with Gasteiger partial charge in [-0.1, -0.05) is 34.1 Å². The Morgan fingerprint density at radius 2 is 1.94 bits per heavy atom. The van der Waals surface area contributed by atoms with Crippen molar-refractivity contribution in [3.8, 4) is 0 Å². The van der Waals surface area contributed by atoms with E-state index in [1.54, 1.807) is 0 Å². The van der Waals surface area contributed by atoms with Crippen LogP contribution in [0.1, 0.15) is 24.8 Å². The fraction of sp³-hybridized carbons (Fsp3) is 0.571. The highest BCUT2D eigenvalue weighted by Gasteiger charge is 2.53. The average Bonchev–Trinajstić information content (AvgIpc) is 2.91. The quantitative estimate of drug-likeness (QED) is 0.713. The lowest BCUT2D eigenvalue weighted by atomic mass is 9.79. The number of halogens is 2. The van der Waals surface area contributed by atoms with Crippen molar-refractivity contribution in [1.29, 1.82) is 0 Å². The largest absolute Gasteiger partial charge is 0.126 e. The molecule has 86 valence electrons. The monoisotopic (exact) mass is 298 g/mol. The Morgan fingerprint density at radius 1 is 1.25 bits per heavy atom. The van der Waals surface area contributed by atoms with Gasteiger partial charge < -0.3 is 0 Å². The third kappa shape index (κ3) is 1.93. The lowest BCUT2D eigenvalue weighted by Gasteiger charge is -2.29. The van der Waals surface area contributed by atoms with Crippen LogP contribution in [0, 0.1) is 17.3 Å². The average molecular weight is 300 g/mol. The fourth-order valence-electron chi connectivity index (χ4n) is 3.35. The summed E-state index contributed by atoms with van der Waals surface area (Å²) in [6, 6.07) is 8.56. The Hall–Kier alpha value is -0.0100. The van der Waals surface area contributed by atoms with Gasteiger partial charge in [0.25, 0.3) is 0 Å². The van der Waals surface area contributed by atoms with E-state index in [1.165, 1.54) is 29.3 Å². The van der Waals surface area contributed by atoms with Crippen molar-refractivity contribution in [3.63, 3.8) is 0 Å². The van der Waals surface area contributed by atoms with Crippen LogP contribution >= 0.6 is 27.5 Å². The van der Waals surface area contributed by atoms with E-state index >= 15 is 0 Å². The summed E-state index contributed by atoms with van der Waals surface area (Å²) < 4.78 is 1.24. The van der Waals surface area contributed by atoms with Crippen LogP contribution < -0.4 is 0 Å². The number of hydrogen-bond acceptors (Lipinski definition) is 0. The molecule has 2 fully saturated rings. The molecule has 0 N–H and O–H groups in total. The van der Waals surface area contributed by atoms with Gasteiger partial charge in [-0.2, -0.15) is 0 Å². The van der Waals surface area contributed by atoms with Crippen molar-refractivity contribution < 1.29 is 0 Å². The number of hydrogen-bond donors (Lipinski definition) is 0. The molecule has 2 aliphatic rings. The van der Waals surface area contributed by atoms with E-state index in [-0.39, 0.29) is 0 Å². The molecule has 0 radical (unpaired) electrons. The lowest BCUT2D eigenvalue weighted by Crippen LogP contribution is -2.24. The van der Waals surface area contributed by atoms with E-state index in [0.717, 1.165) is 24.1 Å². The summed E-state index contributed by atoms with van der Waals surface area (Å²) in [5.74, 6) is 2.82. The van der Waals surface area contributed by atoms with Crippen LogP contribution in [0.15, 0.2) is 28.7 Å². The minimum atomic E-state index is 0.388. The maximum absolute atomic E-state index is 6.24. The van der Waals surface area contributed by atoms with Crippen LogP contribution in [0.2, 0.25) is 0 Å². The van der Waals surface area contributed by atoms with Gasteiger partial charge in [0.1, 0.15) is 0 Å². The molecule has 2 unspecified atom stereocenters. The lowest BCUT2D eigenvalue weighted by molar-refractivity contribution is 0.302. The molecule has 0 spiro atoms. The zero-order chi connectivity index (χ0) is 11.2. The fourth-order valence-corrected chi connectivity index (χ4v) is 4.09. The summed E-state index contributed by atoms with van der Waals surface area (Å²) in [5, 5.41) is 0. The number of fused-ring (bicyclic) bond motifs is 1. The highest BCUT2D eigenvalue weighted by atomic mass is 79.9. The molecule has 0 aliphatic heterocycles. The van der Waals surface area contributed by atoms with E-state index in [2.05, 4.69) is 40.2 Å². The van der Waals surface area contributed by atoms with Gasteiger partial charge in [0.15, 0.2) is 0 Å². The highest BCUT2D eigenvalue weighted by Crippen LogP contribution is 2.61. The van der Waals surface area contributed by atoms with E-state index < -0.39 is 0 Å². The molecule has 1 aromatic rings. The van der Waals surface area contributed by atoms with E-state index in [0.29, 0.717) is 5.41 Å². The Kier molecular flexibility index (Phi) is 2.79. The Morgan fingerprint density at radius 3 is 2.56 bits per heavy atom. The first-order valence-electron chi connectivity index (χ1n) is 6.02. The number of alkyl halides is 1. The minimum Gasteiger partial charge on any atom is -0.126 e. The van der Waals surface area contributed by atoms with Crippen molar-refractivity contribution in [3.05, 3.63) is 34.3 Å². The first-order chi connectivity index (χ1) is 7.72. The smallest absolute Gasteiger partial charge is 0.0283 e. The Labute approximate surface area is 111 Å². The predicted octanol–water partition coefficient (Wildman–Crippen LogP) is 4.65. The van der Waals surface area contributed by atoms with Crippen LogP contribution in [-0.4, -0.2) is 5.88 Å².